The average molecular weight is 323 g/mol. The fourth-order valence-corrected chi connectivity index (χ4v) is 2.82. The number of nitrogens with one attached hydrogen (secondary N) is 1. The van der Waals surface area contributed by atoms with Crippen molar-refractivity contribution in [2.24, 2.45) is 0 Å². The van der Waals surface area contributed by atoms with Gasteiger partial charge in [-0.25, -0.2) is 4.98 Å². The van der Waals surface area contributed by atoms with E-state index in [4.69, 9.17) is 9.68 Å². The van der Waals surface area contributed by atoms with Crippen molar-refractivity contribution in [2.45, 2.75) is 12.8 Å². The van der Waals surface area contributed by atoms with Gasteiger partial charge in [-0.1, -0.05) is 30.3 Å². The van der Waals surface area contributed by atoms with Crippen molar-refractivity contribution in [1.29, 1.82) is 5.26 Å². The Kier molecular flexibility index (Phi) is 4.50. The number of oxazole rings is 1. The third kappa shape index (κ3) is 3.65. The molecule has 3 aromatic rings. The molecule has 1 N–H and O–H groups in total. The fraction of sp³-hybridized carbons (Fsp3) is 0.118. The summed E-state index contributed by atoms with van der Waals surface area (Å²) in [5.41, 5.74) is 1.43. The molecule has 0 atom stereocenters. The fourth-order valence-electron chi connectivity index (χ4n) is 2.07. The van der Waals surface area contributed by atoms with Gasteiger partial charge in [-0.05, 0) is 11.4 Å². The summed E-state index contributed by atoms with van der Waals surface area (Å²) in [6, 6.07) is 13.4. The first kappa shape index (κ1) is 15.0. The van der Waals surface area contributed by atoms with E-state index in [1.807, 2.05) is 36.4 Å². The Balaban J connectivity index is 1.58. The summed E-state index contributed by atoms with van der Waals surface area (Å²) < 4.78 is 5.66. The van der Waals surface area contributed by atoms with Crippen LogP contribution in [-0.4, -0.2) is 10.9 Å². The van der Waals surface area contributed by atoms with E-state index in [1.54, 1.807) is 17.6 Å². The lowest BCUT2D eigenvalue weighted by Gasteiger charge is -2.01. The normalized spacial score (nSPS) is 10.2. The summed E-state index contributed by atoms with van der Waals surface area (Å²) in [4.78, 5) is 16.1. The van der Waals surface area contributed by atoms with Crippen molar-refractivity contribution >= 4 is 22.2 Å². The van der Waals surface area contributed by atoms with Gasteiger partial charge in [-0.2, -0.15) is 5.26 Å². The van der Waals surface area contributed by atoms with Crippen LogP contribution >= 0.6 is 11.3 Å². The van der Waals surface area contributed by atoms with Gasteiger partial charge in [-0.15, -0.1) is 11.3 Å². The molecule has 6 heteroatoms. The van der Waals surface area contributed by atoms with Crippen LogP contribution in [0.15, 0.2) is 52.4 Å². The maximum Gasteiger partial charge on any atom is 0.225 e. The van der Waals surface area contributed by atoms with Gasteiger partial charge in [-0.3, -0.25) is 4.79 Å². The molecule has 0 saturated carbocycles. The molecule has 1 aromatic carbocycles. The Morgan fingerprint density at radius 2 is 2.13 bits per heavy atom. The molecule has 0 spiro atoms. The smallest absolute Gasteiger partial charge is 0.225 e. The van der Waals surface area contributed by atoms with Gasteiger partial charge in [0, 0.05) is 18.4 Å². The number of benzene rings is 1. The summed E-state index contributed by atoms with van der Waals surface area (Å²) in [6.45, 7) is 0. The van der Waals surface area contributed by atoms with Crippen molar-refractivity contribution in [3.8, 4) is 17.4 Å². The molecule has 0 radical (unpaired) electrons. The van der Waals surface area contributed by atoms with E-state index in [0.29, 0.717) is 28.6 Å². The SMILES string of the molecule is N#Cc1ccsc1NC(=O)CCc1ncc(-c2ccccc2)o1. The Bertz CT molecular complexity index is 846. The van der Waals surface area contributed by atoms with Gasteiger partial charge in [0.05, 0.1) is 11.8 Å². The predicted molar refractivity (Wildman–Crippen MR) is 87.9 cm³/mol. The van der Waals surface area contributed by atoms with Crippen LogP contribution in [0.1, 0.15) is 17.9 Å². The zero-order valence-corrected chi connectivity index (χ0v) is 13.0. The molecule has 1 amide bonds. The summed E-state index contributed by atoms with van der Waals surface area (Å²) in [5.74, 6) is 1.04. The van der Waals surface area contributed by atoms with Crippen molar-refractivity contribution in [3.05, 3.63) is 59.4 Å². The van der Waals surface area contributed by atoms with E-state index in [9.17, 15) is 4.79 Å². The van der Waals surface area contributed by atoms with Gasteiger partial charge >= 0.3 is 0 Å². The van der Waals surface area contributed by atoms with Crippen molar-refractivity contribution in [2.75, 3.05) is 5.32 Å². The quantitative estimate of drug-likeness (QED) is 0.773. The first-order valence-electron chi connectivity index (χ1n) is 7.04. The van der Waals surface area contributed by atoms with Crippen LogP contribution in [-0.2, 0) is 11.2 Å². The third-order valence-electron chi connectivity index (χ3n) is 3.22. The minimum atomic E-state index is -0.164. The number of amides is 1. The number of hydrogen-bond donors (Lipinski definition) is 1. The minimum Gasteiger partial charge on any atom is -0.441 e. The Hall–Kier alpha value is -2.91. The zero-order valence-electron chi connectivity index (χ0n) is 12.2. The molecule has 0 aliphatic rings. The number of aryl methyl sites for hydroxylation is 1. The molecule has 0 unspecified atom stereocenters. The second kappa shape index (κ2) is 6.90. The number of aromatic nitrogens is 1. The molecule has 3 rings (SSSR count). The van der Waals surface area contributed by atoms with Crippen LogP contribution in [0.3, 0.4) is 0 Å². The number of nitrogens with zero attached hydrogens (tertiary/aromatic N) is 2. The van der Waals surface area contributed by atoms with E-state index in [2.05, 4.69) is 10.3 Å². The van der Waals surface area contributed by atoms with Crippen LogP contribution < -0.4 is 5.32 Å². The predicted octanol–water partition coefficient (Wildman–Crippen LogP) is 3.85. The zero-order chi connectivity index (χ0) is 16.1. The summed E-state index contributed by atoms with van der Waals surface area (Å²) in [7, 11) is 0. The second-order valence-corrected chi connectivity index (χ2v) is 5.72. The van der Waals surface area contributed by atoms with Gasteiger partial charge in [0.15, 0.2) is 11.7 Å². The largest absolute Gasteiger partial charge is 0.441 e. The lowest BCUT2D eigenvalue weighted by molar-refractivity contribution is -0.116. The summed E-state index contributed by atoms with van der Waals surface area (Å²) in [6.07, 6.45) is 2.32. The second-order valence-electron chi connectivity index (χ2n) is 4.81. The standard InChI is InChI=1S/C17H13N3O2S/c18-10-13-8-9-23-17(13)20-15(21)6-7-16-19-11-14(22-16)12-4-2-1-3-5-12/h1-5,8-9,11H,6-7H2,(H,20,21). The van der Waals surface area contributed by atoms with Crippen LogP contribution in [0.25, 0.3) is 11.3 Å². The van der Waals surface area contributed by atoms with Crippen LogP contribution in [0, 0.1) is 11.3 Å². The van der Waals surface area contributed by atoms with Crippen LogP contribution in [0.4, 0.5) is 5.00 Å². The molecule has 0 saturated heterocycles. The maximum absolute atomic E-state index is 11.9. The Morgan fingerprint density at radius 3 is 2.91 bits per heavy atom. The highest BCUT2D eigenvalue weighted by Gasteiger charge is 2.11. The van der Waals surface area contributed by atoms with Gasteiger partial charge in [0.2, 0.25) is 5.91 Å². The summed E-state index contributed by atoms with van der Waals surface area (Å²) in [5, 5.41) is 14.0. The molecule has 0 fully saturated rings. The number of anilines is 1. The van der Waals surface area contributed by atoms with Crippen LogP contribution in [0.5, 0.6) is 0 Å². The lowest BCUT2D eigenvalue weighted by atomic mass is 10.2. The number of rotatable bonds is 5. The molecule has 23 heavy (non-hydrogen) atoms. The molecule has 0 bridgehead atoms. The molecular formula is C17H13N3O2S. The van der Waals surface area contributed by atoms with E-state index in [1.165, 1.54) is 11.3 Å². The van der Waals surface area contributed by atoms with Gasteiger partial charge in [0.25, 0.3) is 0 Å². The Labute approximate surface area is 137 Å². The average Bonchev–Trinajstić information content (AvgIpc) is 3.23. The topological polar surface area (TPSA) is 78.9 Å². The van der Waals surface area contributed by atoms with Crippen molar-refractivity contribution in [3.63, 3.8) is 0 Å². The number of nitriles is 1. The van der Waals surface area contributed by atoms with Crippen LogP contribution in [0.2, 0.25) is 0 Å². The molecular weight excluding hydrogens is 310 g/mol. The highest BCUT2D eigenvalue weighted by atomic mass is 32.1. The molecule has 5 nitrogen and oxygen atoms in total. The first-order chi connectivity index (χ1) is 11.3. The minimum absolute atomic E-state index is 0.164. The Morgan fingerprint density at radius 1 is 1.30 bits per heavy atom. The maximum atomic E-state index is 11.9. The third-order valence-corrected chi connectivity index (χ3v) is 4.05. The number of carbonyl (C=O) groups is 1. The summed E-state index contributed by atoms with van der Waals surface area (Å²) >= 11 is 1.33. The molecule has 2 heterocycles. The van der Waals surface area contributed by atoms with Crippen molar-refractivity contribution < 1.29 is 9.21 Å². The molecule has 114 valence electrons. The number of thiophene rings is 1. The molecule has 0 aliphatic carbocycles. The van der Waals surface area contributed by atoms with Crippen molar-refractivity contribution in [1.82, 2.24) is 4.98 Å². The first-order valence-corrected chi connectivity index (χ1v) is 7.92. The highest BCUT2D eigenvalue weighted by molar-refractivity contribution is 7.14. The van der Waals surface area contributed by atoms with Gasteiger partial charge < -0.3 is 9.73 Å². The number of carbonyl (C=O) groups excluding carboxylic acids is 1. The lowest BCUT2D eigenvalue weighted by Crippen LogP contribution is -2.12. The monoisotopic (exact) mass is 323 g/mol. The molecule has 2 aromatic heterocycles. The van der Waals surface area contributed by atoms with E-state index < -0.39 is 0 Å². The number of hydrogen-bond acceptors (Lipinski definition) is 5. The van der Waals surface area contributed by atoms with Gasteiger partial charge in [0.1, 0.15) is 11.1 Å². The van der Waals surface area contributed by atoms with E-state index >= 15 is 0 Å². The molecule has 0 aliphatic heterocycles. The van der Waals surface area contributed by atoms with E-state index in [-0.39, 0.29) is 12.3 Å². The highest BCUT2D eigenvalue weighted by Crippen LogP contribution is 2.23. The van der Waals surface area contributed by atoms with E-state index in [0.717, 1.165) is 5.56 Å².